The van der Waals surface area contributed by atoms with Crippen LogP contribution in [-0.4, -0.2) is 29.9 Å². The molecule has 1 aromatic carbocycles. The highest BCUT2D eigenvalue weighted by Gasteiger charge is 2.24. The number of likely N-dealkylation sites (tertiary alicyclic amines) is 1. The molecule has 2 N–H and O–H groups in total. The van der Waals surface area contributed by atoms with Gasteiger partial charge >= 0.3 is 0 Å². The Bertz CT molecular complexity index is 417. The van der Waals surface area contributed by atoms with Gasteiger partial charge in [0.2, 0.25) is 5.91 Å². The van der Waals surface area contributed by atoms with E-state index in [1.54, 1.807) is 0 Å². The van der Waals surface area contributed by atoms with Gasteiger partial charge in [-0.15, -0.1) is 0 Å². The lowest BCUT2D eigenvalue weighted by Gasteiger charge is -2.33. The Balaban J connectivity index is 1.86. The Hall–Kier alpha value is -1.35. The largest absolute Gasteiger partial charge is 0.342 e. The van der Waals surface area contributed by atoms with Crippen LogP contribution in [-0.2, 0) is 11.2 Å². The van der Waals surface area contributed by atoms with Gasteiger partial charge in [-0.1, -0.05) is 29.8 Å². The van der Waals surface area contributed by atoms with Crippen LogP contribution in [0.15, 0.2) is 24.3 Å². The van der Waals surface area contributed by atoms with E-state index >= 15 is 0 Å². The van der Waals surface area contributed by atoms with Crippen molar-refractivity contribution in [1.29, 1.82) is 0 Å². The minimum atomic E-state index is 0.243. The number of rotatable bonds is 3. The molecule has 0 spiro atoms. The van der Waals surface area contributed by atoms with E-state index in [4.69, 9.17) is 5.73 Å². The van der Waals surface area contributed by atoms with Crippen molar-refractivity contribution in [2.75, 3.05) is 13.1 Å². The number of nitrogens with zero attached hydrogens (tertiary/aromatic N) is 1. The summed E-state index contributed by atoms with van der Waals surface area (Å²) in [6.45, 7) is 5.84. The molecule has 0 bridgehead atoms. The normalized spacial score (nSPS) is 18.4. The van der Waals surface area contributed by atoms with Crippen LogP contribution in [0.1, 0.15) is 30.9 Å². The zero-order chi connectivity index (χ0) is 13.8. The fraction of sp³-hybridized carbons (Fsp3) is 0.562. The van der Waals surface area contributed by atoms with Crippen molar-refractivity contribution in [3.63, 3.8) is 0 Å². The van der Waals surface area contributed by atoms with Crippen molar-refractivity contribution in [1.82, 2.24) is 4.90 Å². The molecule has 1 fully saturated rings. The molecule has 0 aliphatic carbocycles. The SMILES string of the molecule is Cc1ccc(CC(=O)N2CCC(C(C)N)CC2)cc1. The van der Waals surface area contributed by atoms with E-state index in [9.17, 15) is 4.79 Å². The fourth-order valence-electron chi connectivity index (χ4n) is 2.67. The van der Waals surface area contributed by atoms with Gasteiger partial charge in [0.15, 0.2) is 0 Å². The standard InChI is InChI=1S/C16H24N2O/c1-12-3-5-14(6-4-12)11-16(19)18-9-7-15(8-10-18)13(2)17/h3-6,13,15H,7-11,17H2,1-2H3. The van der Waals surface area contributed by atoms with E-state index in [0.717, 1.165) is 31.5 Å². The molecule has 19 heavy (non-hydrogen) atoms. The summed E-state index contributed by atoms with van der Waals surface area (Å²) in [4.78, 5) is 14.2. The third kappa shape index (κ3) is 3.80. The van der Waals surface area contributed by atoms with E-state index in [1.165, 1.54) is 5.56 Å². The first-order chi connectivity index (χ1) is 9.06. The number of piperidine rings is 1. The minimum absolute atomic E-state index is 0.243. The van der Waals surface area contributed by atoms with Crippen molar-refractivity contribution in [3.8, 4) is 0 Å². The molecule has 104 valence electrons. The van der Waals surface area contributed by atoms with E-state index in [0.29, 0.717) is 12.3 Å². The maximum absolute atomic E-state index is 12.2. The topological polar surface area (TPSA) is 46.3 Å². The predicted octanol–water partition coefficient (Wildman–Crippen LogP) is 2.12. The monoisotopic (exact) mass is 260 g/mol. The molecule has 0 saturated carbocycles. The molecule has 1 aromatic rings. The average molecular weight is 260 g/mol. The number of amides is 1. The molecule has 1 heterocycles. The number of aryl methyl sites for hydroxylation is 1. The first kappa shape index (κ1) is 14.1. The average Bonchev–Trinajstić information content (AvgIpc) is 2.41. The van der Waals surface area contributed by atoms with Gasteiger partial charge in [0.05, 0.1) is 6.42 Å². The van der Waals surface area contributed by atoms with Crippen LogP contribution in [0.5, 0.6) is 0 Å². The Morgan fingerprint density at radius 2 is 1.89 bits per heavy atom. The third-order valence-corrected chi connectivity index (χ3v) is 4.11. The second-order valence-electron chi connectivity index (χ2n) is 5.74. The summed E-state index contributed by atoms with van der Waals surface area (Å²) in [5.74, 6) is 0.815. The van der Waals surface area contributed by atoms with E-state index < -0.39 is 0 Å². The summed E-state index contributed by atoms with van der Waals surface area (Å²) < 4.78 is 0. The molecular formula is C16H24N2O. The third-order valence-electron chi connectivity index (χ3n) is 4.11. The van der Waals surface area contributed by atoms with Gasteiger partial charge in [-0.3, -0.25) is 4.79 Å². The quantitative estimate of drug-likeness (QED) is 0.905. The molecule has 0 radical (unpaired) electrons. The zero-order valence-corrected chi connectivity index (χ0v) is 11.9. The fourth-order valence-corrected chi connectivity index (χ4v) is 2.67. The molecule has 1 saturated heterocycles. The lowest BCUT2D eigenvalue weighted by Crippen LogP contribution is -2.43. The molecule has 1 atom stereocenters. The molecule has 2 rings (SSSR count). The van der Waals surface area contributed by atoms with Crippen LogP contribution in [0, 0.1) is 12.8 Å². The summed E-state index contributed by atoms with van der Waals surface area (Å²) in [5.41, 5.74) is 8.26. The minimum Gasteiger partial charge on any atom is -0.342 e. The van der Waals surface area contributed by atoms with Gasteiger partial charge in [-0.25, -0.2) is 0 Å². The van der Waals surface area contributed by atoms with E-state index in [-0.39, 0.29) is 11.9 Å². The Morgan fingerprint density at radius 3 is 2.42 bits per heavy atom. The van der Waals surface area contributed by atoms with Crippen LogP contribution in [0.4, 0.5) is 0 Å². The highest BCUT2D eigenvalue weighted by atomic mass is 16.2. The summed E-state index contributed by atoms with van der Waals surface area (Å²) >= 11 is 0. The number of hydrogen-bond acceptors (Lipinski definition) is 2. The molecular weight excluding hydrogens is 236 g/mol. The molecule has 1 amide bonds. The van der Waals surface area contributed by atoms with Crippen LogP contribution in [0.25, 0.3) is 0 Å². The first-order valence-corrected chi connectivity index (χ1v) is 7.15. The maximum Gasteiger partial charge on any atom is 0.226 e. The molecule has 1 aliphatic rings. The van der Waals surface area contributed by atoms with Crippen molar-refractivity contribution >= 4 is 5.91 Å². The number of carbonyl (C=O) groups excluding carboxylic acids is 1. The van der Waals surface area contributed by atoms with E-state index in [1.807, 2.05) is 17.0 Å². The van der Waals surface area contributed by atoms with Crippen molar-refractivity contribution in [2.24, 2.45) is 11.7 Å². The Labute approximate surface area is 115 Å². The van der Waals surface area contributed by atoms with Crippen molar-refractivity contribution < 1.29 is 4.79 Å². The number of nitrogens with two attached hydrogens (primary N) is 1. The second-order valence-corrected chi connectivity index (χ2v) is 5.74. The van der Waals surface area contributed by atoms with Crippen molar-refractivity contribution in [2.45, 2.75) is 39.2 Å². The van der Waals surface area contributed by atoms with Gasteiger partial charge in [0, 0.05) is 19.1 Å². The van der Waals surface area contributed by atoms with Crippen LogP contribution in [0.2, 0.25) is 0 Å². The van der Waals surface area contributed by atoms with Gasteiger partial charge in [0.25, 0.3) is 0 Å². The van der Waals surface area contributed by atoms with E-state index in [2.05, 4.69) is 26.0 Å². The number of hydrogen-bond donors (Lipinski definition) is 1. The summed E-state index contributed by atoms with van der Waals surface area (Å²) in [7, 11) is 0. The molecule has 3 heteroatoms. The predicted molar refractivity (Wildman–Crippen MR) is 77.8 cm³/mol. The Kier molecular flexibility index (Phi) is 4.59. The molecule has 1 unspecified atom stereocenters. The summed E-state index contributed by atoms with van der Waals surface area (Å²) in [5, 5.41) is 0. The number of benzene rings is 1. The summed E-state index contributed by atoms with van der Waals surface area (Å²) in [6.07, 6.45) is 2.59. The van der Waals surface area contributed by atoms with Gasteiger partial charge < -0.3 is 10.6 Å². The highest BCUT2D eigenvalue weighted by molar-refractivity contribution is 5.78. The van der Waals surface area contributed by atoms with Crippen LogP contribution in [0.3, 0.4) is 0 Å². The van der Waals surface area contributed by atoms with Crippen LogP contribution < -0.4 is 5.73 Å². The first-order valence-electron chi connectivity index (χ1n) is 7.15. The maximum atomic E-state index is 12.2. The molecule has 3 nitrogen and oxygen atoms in total. The van der Waals surface area contributed by atoms with Gasteiger partial charge in [-0.05, 0) is 38.2 Å². The van der Waals surface area contributed by atoms with Gasteiger partial charge in [0.1, 0.15) is 0 Å². The molecule has 1 aliphatic heterocycles. The number of carbonyl (C=O) groups is 1. The zero-order valence-electron chi connectivity index (χ0n) is 11.9. The van der Waals surface area contributed by atoms with Crippen molar-refractivity contribution in [3.05, 3.63) is 35.4 Å². The smallest absolute Gasteiger partial charge is 0.226 e. The molecule has 0 aromatic heterocycles. The Morgan fingerprint density at radius 1 is 1.32 bits per heavy atom. The van der Waals surface area contributed by atoms with Gasteiger partial charge in [-0.2, -0.15) is 0 Å². The lowest BCUT2D eigenvalue weighted by molar-refractivity contribution is -0.131. The lowest BCUT2D eigenvalue weighted by atomic mass is 9.91. The van der Waals surface area contributed by atoms with Crippen LogP contribution >= 0.6 is 0 Å². The summed E-state index contributed by atoms with van der Waals surface area (Å²) in [6, 6.07) is 8.45. The highest BCUT2D eigenvalue weighted by Crippen LogP contribution is 2.20. The second kappa shape index (κ2) is 6.20.